The molecule has 94 valence electrons. The first-order chi connectivity index (χ1) is 8.09. The van der Waals surface area contributed by atoms with Crippen LogP contribution in [0.25, 0.3) is 0 Å². The molecule has 1 aromatic rings. The van der Waals surface area contributed by atoms with Crippen molar-refractivity contribution in [3.63, 3.8) is 0 Å². The lowest BCUT2D eigenvalue weighted by Crippen LogP contribution is -2.36. The Labute approximate surface area is 106 Å². The van der Waals surface area contributed by atoms with Crippen LogP contribution in [-0.2, 0) is 0 Å². The Morgan fingerprint density at radius 1 is 1.24 bits per heavy atom. The molecule has 0 saturated carbocycles. The van der Waals surface area contributed by atoms with Gasteiger partial charge in [-0.25, -0.2) is 8.78 Å². The van der Waals surface area contributed by atoms with E-state index in [4.69, 9.17) is 0 Å². The zero-order chi connectivity index (χ0) is 12.4. The topological polar surface area (TPSA) is 3.24 Å². The Morgan fingerprint density at radius 2 is 1.76 bits per heavy atom. The average Bonchev–Trinajstić information content (AvgIpc) is 2.29. The van der Waals surface area contributed by atoms with Crippen LogP contribution in [0.3, 0.4) is 0 Å². The number of hydrogen-bond donors (Lipinski definition) is 1. The number of thiol groups is 1. The van der Waals surface area contributed by atoms with Crippen molar-refractivity contribution < 1.29 is 8.78 Å². The largest absolute Gasteiger partial charge is 0.296 e. The molecule has 0 N–H and O–H groups in total. The minimum absolute atomic E-state index is 0.185. The van der Waals surface area contributed by atoms with Gasteiger partial charge in [0.05, 0.1) is 0 Å². The fourth-order valence-corrected chi connectivity index (χ4v) is 2.60. The number of piperidine rings is 1. The zero-order valence-electron chi connectivity index (χ0n) is 9.87. The molecule has 1 saturated heterocycles. The fraction of sp³-hybridized carbons (Fsp3) is 0.538. The molecule has 2 rings (SSSR count). The van der Waals surface area contributed by atoms with E-state index < -0.39 is 11.6 Å². The van der Waals surface area contributed by atoms with Crippen LogP contribution in [0.2, 0.25) is 0 Å². The Morgan fingerprint density at radius 3 is 2.29 bits per heavy atom. The standard InChI is InChI=1S/C13H17F2NS/c1-9(16-7-5-10(17)6-8-16)13-11(14)3-2-4-12(13)15/h2-4,9-10,17H,5-8H2,1H3. The lowest BCUT2D eigenvalue weighted by Gasteiger charge is -2.35. The van der Waals surface area contributed by atoms with Crippen molar-refractivity contribution in [1.82, 2.24) is 4.90 Å². The fourth-order valence-electron chi connectivity index (χ4n) is 2.37. The number of halogens is 2. The van der Waals surface area contributed by atoms with Crippen molar-refractivity contribution in [2.45, 2.75) is 31.1 Å². The van der Waals surface area contributed by atoms with Gasteiger partial charge in [-0.15, -0.1) is 0 Å². The summed E-state index contributed by atoms with van der Waals surface area (Å²) in [6.45, 7) is 3.56. The third-order valence-electron chi connectivity index (χ3n) is 3.46. The second-order valence-corrected chi connectivity index (χ2v) is 5.31. The highest BCUT2D eigenvalue weighted by molar-refractivity contribution is 7.80. The van der Waals surface area contributed by atoms with Gasteiger partial charge in [-0.2, -0.15) is 12.6 Å². The smallest absolute Gasteiger partial charge is 0.130 e. The molecule has 0 amide bonds. The molecular weight excluding hydrogens is 240 g/mol. The zero-order valence-corrected chi connectivity index (χ0v) is 10.8. The van der Waals surface area contributed by atoms with Gasteiger partial charge in [0.1, 0.15) is 11.6 Å². The van der Waals surface area contributed by atoms with E-state index in [1.807, 2.05) is 6.92 Å². The number of hydrogen-bond acceptors (Lipinski definition) is 2. The number of rotatable bonds is 2. The van der Waals surface area contributed by atoms with Gasteiger partial charge in [0.15, 0.2) is 0 Å². The van der Waals surface area contributed by atoms with Gasteiger partial charge in [-0.1, -0.05) is 6.07 Å². The third kappa shape index (κ3) is 2.80. The van der Waals surface area contributed by atoms with Gasteiger partial charge >= 0.3 is 0 Å². The first-order valence-corrected chi connectivity index (χ1v) is 6.47. The summed E-state index contributed by atoms with van der Waals surface area (Å²) in [5.74, 6) is -0.906. The summed E-state index contributed by atoms with van der Waals surface area (Å²) < 4.78 is 27.3. The maximum atomic E-state index is 13.7. The molecule has 0 spiro atoms. The van der Waals surface area contributed by atoms with Crippen molar-refractivity contribution in [1.29, 1.82) is 0 Å². The van der Waals surface area contributed by atoms with Gasteiger partial charge in [0.2, 0.25) is 0 Å². The predicted octanol–water partition coefficient (Wildman–Crippen LogP) is 3.42. The summed E-state index contributed by atoms with van der Waals surface area (Å²) >= 11 is 4.42. The molecule has 4 heteroatoms. The maximum Gasteiger partial charge on any atom is 0.130 e. The highest BCUT2D eigenvalue weighted by Crippen LogP contribution is 2.29. The van der Waals surface area contributed by atoms with Gasteiger partial charge in [-0.3, -0.25) is 4.90 Å². The average molecular weight is 257 g/mol. The van der Waals surface area contributed by atoms with Crippen LogP contribution in [-0.4, -0.2) is 23.2 Å². The van der Waals surface area contributed by atoms with E-state index in [9.17, 15) is 8.78 Å². The number of likely N-dealkylation sites (tertiary alicyclic amines) is 1. The second-order valence-electron chi connectivity index (χ2n) is 4.58. The lowest BCUT2D eigenvalue weighted by molar-refractivity contribution is 0.172. The van der Waals surface area contributed by atoms with Crippen LogP contribution < -0.4 is 0 Å². The van der Waals surface area contributed by atoms with Crippen molar-refractivity contribution in [3.05, 3.63) is 35.4 Å². The van der Waals surface area contributed by atoms with E-state index in [-0.39, 0.29) is 11.6 Å². The summed E-state index contributed by atoms with van der Waals surface area (Å²) in [4.78, 5) is 2.12. The maximum absolute atomic E-state index is 13.7. The van der Waals surface area contributed by atoms with Gasteiger partial charge < -0.3 is 0 Å². The molecule has 1 nitrogen and oxygen atoms in total. The first-order valence-electron chi connectivity index (χ1n) is 5.95. The van der Waals surface area contributed by atoms with Gasteiger partial charge in [0.25, 0.3) is 0 Å². The molecule has 1 aliphatic heterocycles. The van der Waals surface area contributed by atoms with Gasteiger partial charge in [0, 0.05) is 16.9 Å². The normalized spacial score (nSPS) is 20.5. The van der Waals surface area contributed by atoms with Crippen molar-refractivity contribution in [2.24, 2.45) is 0 Å². The molecular formula is C13H17F2NS. The molecule has 1 aromatic carbocycles. The summed E-state index contributed by atoms with van der Waals surface area (Å²) in [6, 6.07) is 3.83. The molecule has 1 fully saturated rings. The van der Waals surface area contributed by atoms with Crippen LogP contribution in [0.4, 0.5) is 8.78 Å². The minimum Gasteiger partial charge on any atom is -0.296 e. The minimum atomic E-state index is -0.453. The van der Waals surface area contributed by atoms with E-state index in [2.05, 4.69) is 17.5 Å². The Balaban J connectivity index is 2.16. The first kappa shape index (κ1) is 12.8. The Kier molecular flexibility index (Phi) is 4.05. The van der Waals surface area contributed by atoms with Crippen LogP contribution >= 0.6 is 12.6 Å². The van der Waals surface area contributed by atoms with Gasteiger partial charge in [-0.05, 0) is 45.0 Å². The molecule has 17 heavy (non-hydrogen) atoms. The van der Waals surface area contributed by atoms with Crippen molar-refractivity contribution in [3.8, 4) is 0 Å². The van der Waals surface area contributed by atoms with Crippen LogP contribution in [0.1, 0.15) is 31.4 Å². The van der Waals surface area contributed by atoms with Crippen molar-refractivity contribution >= 4 is 12.6 Å². The number of nitrogens with zero attached hydrogens (tertiary/aromatic N) is 1. The summed E-state index contributed by atoms with van der Waals surface area (Å²) in [5, 5.41) is 0.420. The highest BCUT2D eigenvalue weighted by Gasteiger charge is 2.25. The lowest BCUT2D eigenvalue weighted by atomic mass is 10.0. The molecule has 0 aromatic heterocycles. The molecule has 0 radical (unpaired) electrons. The molecule has 0 bridgehead atoms. The SMILES string of the molecule is CC(c1c(F)cccc1F)N1CCC(S)CC1. The quantitative estimate of drug-likeness (QED) is 0.795. The Bertz CT molecular complexity index is 369. The predicted molar refractivity (Wildman–Crippen MR) is 68.4 cm³/mol. The van der Waals surface area contributed by atoms with E-state index in [0.29, 0.717) is 5.25 Å². The van der Waals surface area contributed by atoms with Crippen LogP contribution in [0.5, 0.6) is 0 Å². The van der Waals surface area contributed by atoms with Crippen LogP contribution in [0.15, 0.2) is 18.2 Å². The van der Waals surface area contributed by atoms with Crippen LogP contribution in [0, 0.1) is 11.6 Å². The molecule has 1 unspecified atom stereocenters. The molecule has 1 aliphatic rings. The Hall–Kier alpha value is -0.610. The summed E-state index contributed by atoms with van der Waals surface area (Å²) in [7, 11) is 0. The monoisotopic (exact) mass is 257 g/mol. The molecule has 1 heterocycles. The number of benzene rings is 1. The highest BCUT2D eigenvalue weighted by atomic mass is 32.1. The molecule has 0 aliphatic carbocycles. The third-order valence-corrected chi connectivity index (χ3v) is 3.98. The summed E-state index contributed by atoms with van der Waals surface area (Å²) in [5.41, 5.74) is 0.185. The second kappa shape index (κ2) is 5.36. The van der Waals surface area contributed by atoms with E-state index in [1.54, 1.807) is 0 Å². The van der Waals surface area contributed by atoms with E-state index in [1.165, 1.54) is 18.2 Å². The molecule has 1 atom stereocenters. The van der Waals surface area contributed by atoms with E-state index in [0.717, 1.165) is 25.9 Å². The van der Waals surface area contributed by atoms with Crippen molar-refractivity contribution in [2.75, 3.05) is 13.1 Å². The summed E-state index contributed by atoms with van der Waals surface area (Å²) in [6.07, 6.45) is 1.95. The van der Waals surface area contributed by atoms with E-state index >= 15 is 0 Å².